The van der Waals surface area contributed by atoms with Crippen LogP contribution in [0.4, 0.5) is 17.1 Å². The number of benzene rings is 6. The Morgan fingerprint density at radius 2 is 0.900 bits per heavy atom. The van der Waals surface area contributed by atoms with Gasteiger partial charge in [0.2, 0.25) is 6.71 Å². The molecule has 3 heterocycles. The highest BCUT2D eigenvalue weighted by atomic mass is 32.1. The van der Waals surface area contributed by atoms with E-state index in [2.05, 4.69) is 138 Å². The normalized spacial score (nSPS) is 12.9. The van der Waals surface area contributed by atoms with Crippen LogP contribution in [-0.4, -0.2) is 6.71 Å². The van der Waals surface area contributed by atoms with Gasteiger partial charge in [0.05, 0.1) is 0 Å². The van der Waals surface area contributed by atoms with Gasteiger partial charge < -0.3 is 4.90 Å². The van der Waals surface area contributed by atoms with Crippen molar-refractivity contribution in [1.82, 2.24) is 0 Å². The summed E-state index contributed by atoms with van der Waals surface area (Å²) in [6.45, 7) is 0.149. The number of rotatable bonds is 2. The average Bonchev–Trinajstić information content (AvgIpc) is 3.56. The molecule has 186 valence electrons. The molecular formula is C36H22BNS2. The average molecular weight is 544 g/mol. The number of nitrogens with zero attached hydrogens (tertiary/aromatic N) is 1. The third-order valence-electron chi connectivity index (χ3n) is 8.30. The lowest BCUT2D eigenvalue weighted by Gasteiger charge is -2.37. The summed E-state index contributed by atoms with van der Waals surface area (Å²) < 4.78 is 5.37. The maximum atomic E-state index is 2.50. The second-order valence-corrected chi connectivity index (χ2v) is 12.7. The van der Waals surface area contributed by atoms with E-state index >= 15 is 0 Å². The predicted octanol–water partition coefficient (Wildman–Crippen LogP) is 8.72. The first-order valence-electron chi connectivity index (χ1n) is 13.6. The first-order chi connectivity index (χ1) is 19.8. The molecule has 2 aromatic heterocycles. The van der Waals surface area contributed by atoms with Crippen molar-refractivity contribution in [2.45, 2.75) is 0 Å². The van der Waals surface area contributed by atoms with Crippen LogP contribution in [0.15, 0.2) is 133 Å². The second-order valence-electron chi connectivity index (χ2n) is 10.5. The molecule has 1 aliphatic heterocycles. The van der Waals surface area contributed by atoms with E-state index in [1.807, 2.05) is 22.7 Å². The minimum Gasteiger partial charge on any atom is -0.311 e. The largest absolute Gasteiger partial charge is 0.311 e. The zero-order valence-corrected chi connectivity index (χ0v) is 23.2. The van der Waals surface area contributed by atoms with Crippen LogP contribution in [0.25, 0.3) is 40.3 Å². The van der Waals surface area contributed by atoms with Crippen molar-refractivity contribution in [2.75, 3.05) is 4.90 Å². The van der Waals surface area contributed by atoms with Gasteiger partial charge >= 0.3 is 0 Å². The Hall–Kier alpha value is -4.38. The Kier molecular flexibility index (Phi) is 4.80. The summed E-state index contributed by atoms with van der Waals surface area (Å²) in [5.41, 5.74) is 7.78. The monoisotopic (exact) mass is 543 g/mol. The molecular weight excluding hydrogens is 521 g/mol. The van der Waals surface area contributed by atoms with Crippen molar-refractivity contribution in [3.05, 3.63) is 133 Å². The van der Waals surface area contributed by atoms with Crippen molar-refractivity contribution in [3.63, 3.8) is 0 Å². The number of anilines is 3. The van der Waals surface area contributed by atoms with E-state index < -0.39 is 0 Å². The fourth-order valence-corrected chi connectivity index (χ4v) is 8.83. The maximum absolute atomic E-state index is 2.50. The molecule has 0 spiro atoms. The van der Waals surface area contributed by atoms with Crippen LogP contribution in [0.5, 0.6) is 0 Å². The molecule has 0 saturated carbocycles. The van der Waals surface area contributed by atoms with Crippen molar-refractivity contribution < 1.29 is 0 Å². The van der Waals surface area contributed by atoms with E-state index in [0.717, 1.165) is 0 Å². The molecule has 1 aliphatic rings. The Labute approximate surface area is 240 Å². The molecule has 0 unspecified atom stereocenters. The summed E-state index contributed by atoms with van der Waals surface area (Å²) >= 11 is 3.80. The third kappa shape index (κ3) is 3.21. The van der Waals surface area contributed by atoms with Crippen LogP contribution in [0.1, 0.15) is 0 Å². The van der Waals surface area contributed by atoms with Gasteiger partial charge in [-0.1, -0.05) is 90.4 Å². The molecule has 0 atom stereocenters. The standard InChI is InChI=1S/C36H22BNS2/c1-3-11-23(12-4-1)37-29-21-35-27(25-15-7-9-17-33(25)39-35)19-31(29)38(24-13-5-2-6-14-24)32-20-28-26-16-8-10-18-34(26)40-36(28)22-30(32)37/h1-22H. The lowest BCUT2D eigenvalue weighted by atomic mass is 9.35. The van der Waals surface area contributed by atoms with Gasteiger partial charge in [-0.25, -0.2) is 0 Å². The Morgan fingerprint density at radius 3 is 1.45 bits per heavy atom. The molecule has 6 aromatic carbocycles. The lowest BCUT2D eigenvalue weighted by Crippen LogP contribution is -2.57. The highest BCUT2D eigenvalue weighted by Crippen LogP contribution is 2.44. The van der Waals surface area contributed by atoms with E-state index in [1.165, 1.54) is 73.8 Å². The molecule has 4 heteroatoms. The first kappa shape index (κ1) is 22.4. The van der Waals surface area contributed by atoms with Gasteiger partial charge in [-0.2, -0.15) is 0 Å². The zero-order valence-electron chi connectivity index (χ0n) is 21.5. The SMILES string of the molecule is c1ccc(B2c3cc4sc5ccccc5c4cc3N(c3ccccc3)c3cc4c(cc32)sc2ccccc24)cc1. The van der Waals surface area contributed by atoms with Crippen LogP contribution in [0, 0.1) is 0 Å². The molecule has 0 radical (unpaired) electrons. The number of hydrogen-bond donors (Lipinski definition) is 0. The number of para-hydroxylation sites is 1. The quantitative estimate of drug-likeness (QED) is 0.197. The lowest BCUT2D eigenvalue weighted by molar-refractivity contribution is 1.31. The van der Waals surface area contributed by atoms with E-state index in [4.69, 9.17) is 0 Å². The van der Waals surface area contributed by atoms with Crippen LogP contribution in [-0.2, 0) is 0 Å². The number of thiophene rings is 2. The molecule has 9 rings (SSSR count). The Bertz CT molecular complexity index is 2110. The molecule has 0 fully saturated rings. The molecule has 8 aromatic rings. The summed E-state index contributed by atoms with van der Waals surface area (Å²) in [5.74, 6) is 0. The van der Waals surface area contributed by atoms with E-state index in [1.54, 1.807) is 0 Å². The molecule has 40 heavy (non-hydrogen) atoms. The van der Waals surface area contributed by atoms with Crippen LogP contribution in [0.2, 0.25) is 0 Å². The van der Waals surface area contributed by atoms with Crippen molar-refractivity contribution in [1.29, 1.82) is 0 Å². The molecule has 0 aliphatic carbocycles. The van der Waals surface area contributed by atoms with Crippen LogP contribution in [0.3, 0.4) is 0 Å². The van der Waals surface area contributed by atoms with Gasteiger partial charge in [0, 0.05) is 57.4 Å². The fraction of sp³-hybridized carbons (Fsp3) is 0. The van der Waals surface area contributed by atoms with Gasteiger partial charge in [0.25, 0.3) is 0 Å². The Morgan fingerprint density at radius 1 is 0.425 bits per heavy atom. The van der Waals surface area contributed by atoms with E-state index in [-0.39, 0.29) is 6.71 Å². The second kappa shape index (κ2) is 8.56. The van der Waals surface area contributed by atoms with Crippen LogP contribution >= 0.6 is 22.7 Å². The predicted molar refractivity (Wildman–Crippen MR) is 178 cm³/mol. The fourth-order valence-electron chi connectivity index (χ4n) is 6.56. The minimum atomic E-state index is 0.149. The van der Waals surface area contributed by atoms with E-state index in [9.17, 15) is 0 Å². The van der Waals surface area contributed by atoms with Crippen molar-refractivity contribution >= 4 is 103 Å². The molecule has 0 N–H and O–H groups in total. The van der Waals surface area contributed by atoms with Gasteiger partial charge in [0.15, 0.2) is 0 Å². The minimum absolute atomic E-state index is 0.149. The van der Waals surface area contributed by atoms with Gasteiger partial charge in [0.1, 0.15) is 0 Å². The molecule has 0 bridgehead atoms. The summed E-state index contributed by atoms with van der Waals surface area (Å²) in [4.78, 5) is 2.50. The van der Waals surface area contributed by atoms with Gasteiger partial charge in [-0.05, 0) is 59.5 Å². The first-order valence-corrected chi connectivity index (χ1v) is 15.3. The topological polar surface area (TPSA) is 3.24 Å². The molecule has 0 saturated heterocycles. The third-order valence-corrected chi connectivity index (χ3v) is 10.6. The van der Waals surface area contributed by atoms with Gasteiger partial charge in [-0.3, -0.25) is 0 Å². The van der Waals surface area contributed by atoms with Crippen molar-refractivity contribution in [3.8, 4) is 0 Å². The summed E-state index contributed by atoms with van der Waals surface area (Å²) in [5, 5.41) is 5.33. The number of hydrogen-bond acceptors (Lipinski definition) is 3. The summed E-state index contributed by atoms with van der Waals surface area (Å²) in [7, 11) is 0. The molecule has 1 nitrogen and oxygen atoms in total. The van der Waals surface area contributed by atoms with Crippen molar-refractivity contribution in [2.24, 2.45) is 0 Å². The van der Waals surface area contributed by atoms with Crippen LogP contribution < -0.4 is 21.3 Å². The van der Waals surface area contributed by atoms with E-state index in [0.29, 0.717) is 0 Å². The highest BCUT2D eigenvalue weighted by molar-refractivity contribution is 7.26. The van der Waals surface area contributed by atoms with Gasteiger partial charge in [-0.15, -0.1) is 22.7 Å². The molecule has 0 amide bonds. The maximum Gasteiger partial charge on any atom is 0.246 e. The smallest absolute Gasteiger partial charge is 0.246 e. The zero-order chi connectivity index (χ0) is 26.2. The highest BCUT2D eigenvalue weighted by Gasteiger charge is 2.36. The summed E-state index contributed by atoms with van der Waals surface area (Å²) in [6.07, 6.45) is 0. The Balaban J connectivity index is 1.44. The summed E-state index contributed by atoms with van der Waals surface area (Å²) in [6, 6.07) is 49.4. The number of fused-ring (bicyclic) bond motifs is 8.